The van der Waals surface area contributed by atoms with Crippen molar-refractivity contribution in [3.63, 3.8) is 0 Å². The summed E-state index contributed by atoms with van der Waals surface area (Å²) in [6.45, 7) is -0.103. The van der Waals surface area contributed by atoms with Gasteiger partial charge in [0.05, 0.1) is 19.9 Å². The third-order valence-electron chi connectivity index (χ3n) is 3.06. The summed E-state index contributed by atoms with van der Waals surface area (Å²) in [5.41, 5.74) is 1.23. The van der Waals surface area contributed by atoms with Crippen LogP contribution in [0.25, 0.3) is 6.08 Å². The van der Waals surface area contributed by atoms with Crippen LogP contribution in [0.1, 0.15) is 16.1 Å². The van der Waals surface area contributed by atoms with Gasteiger partial charge in [-0.3, -0.25) is 4.79 Å². The third kappa shape index (κ3) is 4.47. The maximum Gasteiger partial charge on any atom is 0.330 e. The first-order valence-electron chi connectivity index (χ1n) is 6.87. The summed E-state index contributed by atoms with van der Waals surface area (Å²) >= 11 is 0. The Kier molecular flexibility index (Phi) is 5.57. The average molecular weight is 315 g/mol. The molecule has 120 valence electrons. The first-order chi connectivity index (χ1) is 11.1. The minimum atomic E-state index is -0.444. The standard InChI is InChI=1S/C17H17NO5/c1-21-16-10-12(6-8-17(20)22-2)5-7-15(16)23-11-14(19)13-4-3-9-18-13/h3-10,18H,11H2,1-2H3/b8-6+. The number of hydrogen-bond donors (Lipinski definition) is 1. The van der Waals surface area contributed by atoms with Gasteiger partial charge in [0, 0.05) is 12.3 Å². The maximum atomic E-state index is 11.9. The van der Waals surface area contributed by atoms with Crippen LogP contribution in [-0.4, -0.2) is 37.6 Å². The van der Waals surface area contributed by atoms with Gasteiger partial charge < -0.3 is 19.2 Å². The molecule has 0 saturated heterocycles. The second-order valence-electron chi connectivity index (χ2n) is 4.56. The second-order valence-corrected chi connectivity index (χ2v) is 4.56. The third-order valence-corrected chi connectivity index (χ3v) is 3.06. The molecule has 1 aromatic carbocycles. The van der Waals surface area contributed by atoms with Gasteiger partial charge in [0.15, 0.2) is 18.1 Å². The molecule has 0 aliphatic carbocycles. The van der Waals surface area contributed by atoms with Gasteiger partial charge in [-0.1, -0.05) is 6.07 Å². The summed E-state index contributed by atoms with van der Waals surface area (Å²) in [4.78, 5) is 25.8. The van der Waals surface area contributed by atoms with Crippen molar-refractivity contribution in [2.24, 2.45) is 0 Å². The molecule has 23 heavy (non-hydrogen) atoms. The van der Waals surface area contributed by atoms with Gasteiger partial charge in [-0.2, -0.15) is 0 Å². The Balaban J connectivity index is 2.06. The fourth-order valence-corrected chi connectivity index (χ4v) is 1.86. The van der Waals surface area contributed by atoms with E-state index in [0.717, 1.165) is 5.56 Å². The number of aromatic amines is 1. The van der Waals surface area contributed by atoms with Crippen molar-refractivity contribution in [2.45, 2.75) is 0 Å². The van der Waals surface area contributed by atoms with Crippen LogP contribution < -0.4 is 9.47 Å². The number of benzene rings is 1. The molecule has 1 heterocycles. The van der Waals surface area contributed by atoms with Crippen LogP contribution in [0.3, 0.4) is 0 Å². The second kappa shape index (κ2) is 7.84. The molecule has 2 aromatic rings. The molecule has 2 rings (SSSR count). The quantitative estimate of drug-likeness (QED) is 0.482. The molecule has 0 unspecified atom stereocenters. The lowest BCUT2D eigenvalue weighted by Gasteiger charge is -2.10. The van der Waals surface area contributed by atoms with E-state index < -0.39 is 5.97 Å². The molecule has 1 N–H and O–H groups in total. The number of nitrogens with one attached hydrogen (secondary N) is 1. The number of aromatic nitrogens is 1. The van der Waals surface area contributed by atoms with Crippen LogP contribution in [0.2, 0.25) is 0 Å². The Morgan fingerprint density at radius 3 is 2.65 bits per heavy atom. The Morgan fingerprint density at radius 2 is 2.00 bits per heavy atom. The van der Waals surface area contributed by atoms with E-state index in [-0.39, 0.29) is 12.4 Å². The molecule has 0 atom stereocenters. The molecule has 0 radical (unpaired) electrons. The number of hydrogen-bond acceptors (Lipinski definition) is 5. The fraction of sp³-hybridized carbons (Fsp3) is 0.176. The predicted octanol–water partition coefficient (Wildman–Crippen LogP) is 2.47. The number of esters is 1. The summed E-state index contributed by atoms with van der Waals surface area (Å²) in [7, 11) is 2.81. The zero-order valence-electron chi connectivity index (χ0n) is 12.9. The molecule has 0 spiro atoms. The molecule has 0 aliphatic heterocycles. The molecule has 0 fully saturated rings. The number of H-pyrrole nitrogens is 1. The number of ketones is 1. The van der Waals surface area contributed by atoms with E-state index in [1.54, 1.807) is 42.6 Å². The molecule has 6 nitrogen and oxygen atoms in total. The van der Waals surface area contributed by atoms with Gasteiger partial charge in [-0.25, -0.2) is 4.79 Å². The molecular formula is C17H17NO5. The summed E-state index contributed by atoms with van der Waals surface area (Å²) in [6.07, 6.45) is 4.59. The molecule has 0 saturated carbocycles. The zero-order chi connectivity index (χ0) is 16.7. The minimum absolute atomic E-state index is 0.103. The Bertz CT molecular complexity index is 704. The number of ether oxygens (including phenoxy) is 3. The number of carbonyl (C=O) groups excluding carboxylic acids is 2. The van der Waals surface area contributed by atoms with Crippen molar-refractivity contribution < 1.29 is 23.8 Å². The van der Waals surface area contributed by atoms with Crippen LogP contribution in [-0.2, 0) is 9.53 Å². The van der Waals surface area contributed by atoms with E-state index in [9.17, 15) is 9.59 Å². The number of Topliss-reactive ketones (excluding diaryl/α,β-unsaturated/α-hetero) is 1. The molecule has 0 bridgehead atoms. The van der Waals surface area contributed by atoms with E-state index in [4.69, 9.17) is 9.47 Å². The maximum absolute atomic E-state index is 11.9. The van der Waals surface area contributed by atoms with Crippen molar-refractivity contribution >= 4 is 17.8 Å². The van der Waals surface area contributed by atoms with Gasteiger partial charge >= 0.3 is 5.97 Å². The Labute approximate surface area is 133 Å². The largest absolute Gasteiger partial charge is 0.493 e. The SMILES string of the molecule is COC(=O)/C=C/c1ccc(OCC(=O)c2ccc[nH]2)c(OC)c1. The van der Waals surface area contributed by atoms with Crippen LogP contribution in [0.5, 0.6) is 11.5 Å². The number of rotatable bonds is 7. The van der Waals surface area contributed by atoms with Crippen molar-refractivity contribution in [1.29, 1.82) is 0 Å². The molecular weight excluding hydrogens is 298 g/mol. The summed E-state index contributed by atoms with van der Waals surface area (Å²) in [6, 6.07) is 8.56. The summed E-state index contributed by atoms with van der Waals surface area (Å²) < 4.78 is 15.3. The van der Waals surface area contributed by atoms with Crippen LogP contribution in [0.15, 0.2) is 42.6 Å². The van der Waals surface area contributed by atoms with Gasteiger partial charge in [-0.15, -0.1) is 0 Å². The van der Waals surface area contributed by atoms with Gasteiger partial charge in [-0.05, 0) is 35.9 Å². The molecule has 6 heteroatoms. The lowest BCUT2D eigenvalue weighted by Crippen LogP contribution is -2.12. The van der Waals surface area contributed by atoms with E-state index in [1.807, 2.05) is 0 Å². The number of carbonyl (C=O) groups is 2. The Hall–Kier alpha value is -3.02. The lowest BCUT2D eigenvalue weighted by molar-refractivity contribution is -0.134. The highest BCUT2D eigenvalue weighted by Gasteiger charge is 2.10. The lowest BCUT2D eigenvalue weighted by atomic mass is 10.2. The molecule has 0 aliphatic rings. The minimum Gasteiger partial charge on any atom is -0.493 e. The first kappa shape index (κ1) is 16.4. The normalized spacial score (nSPS) is 10.5. The fourth-order valence-electron chi connectivity index (χ4n) is 1.86. The van der Waals surface area contributed by atoms with Crippen LogP contribution in [0.4, 0.5) is 0 Å². The number of methoxy groups -OCH3 is 2. The Morgan fingerprint density at radius 1 is 1.17 bits per heavy atom. The van der Waals surface area contributed by atoms with E-state index >= 15 is 0 Å². The van der Waals surface area contributed by atoms with Gasteiger partial charge in [0.2, 0.25) is 5.78 Å². The van der Waals surface area contributed by atoms with Crippen LogP contribution >= 0.6 is 0 Å². The van der Waals surface area contributed by atoms with Gasteiger partial charge in [0.1, 0.15) is 0 Å². The predicted molar refractivity (Wildman–Crippen MR) is 84.7 cm³/mol. The zero-order valence-corrected chi connectivity index (χ0v) is 12.9. The van der Waals surface area contributed by atoms with E-state index in [2.05, 4.69) is 9.72 Å². The molecule has 1 aromatic heterocycles. The van der Waals surface area contributed by atoms with Crippen molar-refractivity contribution in [3.8, 4) is 11.5 Å². The van der Waals surface area contributed by atoms with Crippen LogP contribution in [0, 0.1) is 0 Å². The summed E-state index contributed by atoms with van der Waals surface area (Å²) in [5, 5.41) is 0. The average Bonchev–Trinajstić information content (AvgIpc) is 3.12. The topological polar surface area (TPSA) is 77.6 Å². The first-order valence-corrected chi connectivity index (χ1v) is 6.87. The highest BCUT2D eigenvalue weighted by molar-refractivity contribution is 5.95. The summed E-state index contributed by atoms with van der Waals surface area (Å²) in [5.74, 6) is 0.312. The monoisotopic (exact) mass is 315 g/mol. The van der Waals surface area contributed by atoms with Crippen molar-refractivity contribution in [3.05, 3.63) is 53.9 Å². The van der Waals surface area contributed by atoms with E-state index in [1.165, 1.54) is 20.3 Å². The van der Waals surface area contributed by atoms with Crippen molar-refractivity contribution in [2.75, 3.05) is 20.8 Å². The highest BCUT2D eigenvalue weighted by atomic mass is 16.5. The smallest absolute Gasteiger partial charge is 0.330 e. The van der Waals surface area contributed by atoms with Crippen molar-refractivity contribution in [1.82, 2.24) is 4.98 Å². The molecule has 0 amide bonds. The highest BCUT2D eigenvalue weighted by Crippen LogP contribution is 2.28. The van der Waals surface area contributed by atoms with Gasteiger partial charge in [0.25, 0.3) is 0 Å². The van der Waals surface area contributed by atoms with E-state index in [0.29, 0.717) is 17.2 Å².